The van der Waals surface area contributed by atoms with Crippen molar-refractivity contribution < 1.29 is 13.9 Å². The Labute approximate surface area is 248 Å². The average Bonchev–Trinajstić information content (AvgIpc) is 3.71. The molecule has 10 heteroatoms. The second-order valence-electron chi connectivity index (χ2n) is 12.5. The van der Waals surface area contributed by atoms with Crippen LogP contribution in [0.1, 0.15) is 42.1 Å². The molecule has 9 nitrogen and oxygen atoms in total. The number of benzene rings is 1. The first kappa shape index (κ1) is 29.8. The Morgan fingerprint density at radius 3 is 2.69 bits per heavy atom. The van der Waals surface area contributed by atoms with Crippen molar-refractivity contribution in [1.82, 2.24) is 19.8 Å². The summed E-state index contributed by atoms with van der Waals surface area (Å²) in [6, 6.07) is 6.51. The topological polar surface area (TPSA) is 69.4 Å². The summed E-state index contributed by atoms with van der Waals surface area (Å²) in [5.41, 5.74) is 5.85. The van der Waals surface area contributed by atoms with Gasteiger partial charge in [-0.05, 0) is 71.3 Å². The Hall–Kier alpha value is -3.71. The average molecular weight is 576 g/mol. The fourth-order valence-corrected chi connectivity index (χ4v) is 6.40. The van der Waals surface area contributed by atoms with Gasteiger partial charge in [0.15, 0.2) is 5.83 Å². The van der Waals surface area contributed by atoms with Crippen LogP contribution in [0.15, 0.2) is 30.6 Å². The van der Waals surface area contributed by atoms with Gasteiger partial charge in [0.05, 0.1) is 18.8 Å². The third kappa shape index (κ3) is 6.07. The first-order valence-electron chi connectivity index (χ1n) is 14.8. The van der Waals surface area contributed by atoms with Gasteiger partial charge in [0.25, 0.3) is 5.91 Å². The predicted molar refractivity (Wildman–Crippen MR) is 162 cm³/mol. The fraction of sp³-hybridized carbons (Fsp3) is 0.562. The highest BCUT2D eigenvalue weighted by Crippen LogP contribution is 2.46. The largest absolute Gasteiger partial charge is 0.463 e. The molecular weight excluding hydrogens is 533 g/mol. The Balaban J connectivity index is 1.49. The van der Waals surface area contributed by atoms with Gasteiger partial charge in [-0.2, -0.15) is 9.97 Å². The lowest BCUT2D eigenvalue weighted by Gasteiger charge is -2.42. The molecule has 3 aliphatic rings. The predicted octanol–water partition coefficient (Wildman–Crippen LogP) is 4.18. The van der Waals surface area contributed by atoms with Crippen LogP contribution in [0.5, 0.6) is 6.01 Å². The number of anilines is 2. The van der Waals surface area contributed by atoms with Gasteiger partial charge in [-0.25, -0.2) is 11.0 Å². The lowest BCUT2D eigenvalue weighted by Crippen LogP contribution is -2.57. The molecule has 3 heterocycles. The highest BCUT2D eigenvalue weighted by molar-refractivity contribution is 5.91. The number of hydrogen-bond acceptors (Lipinski definition) is 7. The molecule has 1 aromatic heterocycles. The van der Waals surface area contributed by atoms with Gasteiger partial charge < -0.3 is 29.2 Å². The quantitative estimate of drug-likeness (QED) is 0.328. The molecule has 0 radical (unpaired) electrons. The zero-order valence-electron chi connectivity index (χ0n) is 25.5. The molecule has 1 aromatic carbocycles. The van der Waals surface area contributed by atoms with Crippen molar-refractivity contribution in [3.8, 4) is 6.01 Å². The third-order valence-corrected chi connectivity index (χ3v) is 8.98. The van der Waals surface area contributed by atoms with Crippen molar-refractivity contribution in [2.45, 2.75) is 58.7 Å². The van der Waals surface area contributed by atoms with Crippen LogP contribution in [-0.2, 0) is 17.8 Å². The minimum Gasteiger partial charge on any atom is -0.463 e. The molecular formula is C32H42FN7O2. The van der Waals surface area contributed by atoms with E-state index in [0.29, 0.717) is 32.3 Å². The van der Waals surface area contributed by atoms with E-state index in [1.54, 1.807) is 0 Å². The number of rotatable bonds is 9. The van der Waals surface area contributed by atoms with Crippen molar-refractivity contribution in [1.29, 1.82) is 0 Å². The molecule has 2 aliphatic heterocycles. The van der Waals surface area contributed by atoms with Gasteiger partial charge in [0.1, 0.15) is 11.9 Å². The first-order valence-corrected chi connectivity index (χ1v) is 14.8. The Morgan fingerprint density at radius 2 is 2.02 bits per heavy atom. The third-order valence-electron chi connectivity index (χ3n) is 8.98. The Morgan fingerprint density at radius 1 is 1.26 bits per heavy atom. The van der Waals surface area contributed by atoms with Crippen LogP contribution < -0.4 is 14.5 Å². The number of ether oxygens (including phenoxy) is 1. The molecule has 0 spiro atoms. The van der Waals surface area contributed by atoms with Crippen LogP contribution in [0.2, 0.25) is 0 Å². The minimum absolute atomic E-state index is 0.0794. The summed E-state index contributed by atoms with van der Waals surface area (Å²) in [7, 11) is 4.16. The summed E-state index contributed by atoms with van der Waals surface area (Å²) in [5, 5.41) is 0. The summed E-state index contributed by atoms with van der Waals surface area (Å²) in [5.74, 6) is -0.952. The molecule has 2 atom stereocenters. The number of piperazine rings is 1. The van der Waals surface area contributed by atoms with Gasteiger partial charge in [-0.3, -0.25) is 4.79 Å². The normalized spacial score (nSPS) is 21.1. The van der Waals surface area contributed by atoms with E-state index in [1.165, 1.54) is 21.7 Å². The standard InChI is InChI=1S/C32H42FN7O2/c1-21-9-8-10-28(23(21)3)40-18-27-26(15-22(40)2)29(36-31(35-27)42-20-32(11-12-32)19-37(6)7)38-13-14-39(30(41)24(4)33)25(17-38)16-34-5/h8-10,22,25H,4,11-20H2,1-3,6-7H3/t22-,25+/m1/s1. The van der Waals surface area contributed by atoms with E-state index in [-0.39, 0.29) is 24.5 Å². The summed E-state index contributed by atoms with van der Waals surface area (Å²) in [6.45, 7) is 20.5. The zero-order valence-corrected chi connectivity index (χ0v) is 25.5. The number of halogens is 1. The molecule has 0 N–H and O–H groups in total. The van der Waals surface area contributed by atoms with E-state index >= 15 is 0 Å². The summed E-state index contributed by atoms with van der Waals surface area (Å²) < 4.78 is 20.1. The Kier molecular flexibility index (Phi) is 8.42. The minimum atomic E-state index is -0.999. The number of carbonyl (C=O) groups is 1. The van der Waals surface area contributed by atoms with E-state index in [1.807, 2.05) is 0 Å². The van der Waals surface area contributed by atoms with Gasteiger partial charge in [-0.1, -0.05) is 18.7 Å². The molecule has 1 saturated heterocycles. The van der Waals surface area contributed by atoms with E-state index in [9.17, 15) is 9.18 Å². The highest BCUT2D eigenvalue weighted by atomic mass is 19.1. The van der Waals surface area contributed by atoms with E-state index in [2.05, 4.69) is 79.2 Å². The van der Waals surface area contributed by atoms with Crippen LogP contribution in [0.3, 0.4) is 0 Å². The van der Waals surface area contributed by atoms with E-state index in [4.69, 9.17) is 21.3 Å². The van der Waals surface area contributed by atoms with Crippen LogP contribution >= 0.6 is 0 Å². The molecule has 2 fully saturated rings. The maximum Gasteiger partial charge on any atom is 0.318 e. The molecule has 1 saturated carbocycles. The molecule has 2 aromatic rings. The van der Waals surface area contributed by atoms with Crippen molar-refractivity contribution in [2.24, 2.45) is 5.41 Å². The number of aromatic nitrogens is 2. The molecule has 1 amide bonds. The van der Waals surface area contributed by atoms with Crippen LogP contribution in [0.4, 0.5) is 15.9 Å². The lowest BCUT2D eigenvalue weighted by atomic mass is 9.96. The number of hydrogen-bond donors (Lipinski definition) is 0. The fourth-order valence-electron chi connectivity index (χ4n) is 6.40. The van der Waals surface area contributed by atoms with Crippen molar-refractivity contribution in [3.63, 3.8) is 0 Å². The van der Waals surface area contributed by atoms with Gasteiger partial charge in [0, 0.05) is 48.9 Å². The second-order valence-corrected chi connectivity index (χ2v) is 12.5. The number of fused-ring (bicyclic) bond motifs is 1. The maximum atomic E-state index is 13.8. The number of aryl methyl sites for hydroxylation is 1. The zero-order chi connectivity index (χ0) is 30.2. The molecule has 224 valence electrons. The molecule has 1 aliphatic carbocycles. The number of amides is 1. The maximum absolute atomic E-state index is 13.8. The molecule has 5 rings (SSSR count). The molecule has 0 bridgehead atoms. The SMILES string of the molecule is [C-]#[N+]C[C@H]1CN(c2nc(OCC3(CN(C)C)CC3)nc3c2C[C@@H](C)N(c2cccc(C)c2C)C3)CCN1C(=O)C(=C)F. The van der Waals surface area contributed by atoms with Crippen LogP contribution in [0, 0.1) is 25.8 Å². The van der Waals surface area contributed by atoms with Crippen LogP contribution in [0.25, 0.3) is 4.85 Å². The summed E-state index contributed by atoms with van der Waals surface area (Å²) in [6.07, 6.45) is 2.99. The molecule has 42 heavy (non-hydrogen) atoms. The molecule has 0 unspecified atom stereocenters. The van der Waals surface area contributed by atoms with Gasteiger partial charge in [-0.15, -0.1) is 0 Å². The van der Waals surface area contributed by atoms with Crippen molar-refractivity contribution in [3.05, 3.63) is 64.4 Å². The second kappa shape index (κ2) is 11.9. The van der Waals surface area contributed by atoms with Gasteiger partial charge >= 0.3 is 6.01 Å². The van der Waals surface area contributed by atoms with Crippen LogP contribution in [-0.4, -0.2) is 91.2 Å². The summed E-state index contributed by atoms with van der Waals surface area (Å²) in [4.78, 5) is 34.2. The number of nitrogens with zero attached hydrogens (tertiary/aromatic N) is 7. The van der Waals surface area contributed by atoms with E-state index < -0.39 is 17.8 Å². The van der Waals surface area contributed by atoms with Crippen molar-refractivity contribution in [2.75, 3.05) is 63.2 Å². The lowest BCUT2D eigenvalue weighted by molar-refractivity contribution is -0.131. The Bertz CT molecular complexity index is 1400. The number of carbonyl (C=O) groups excluding carboxylic acids is 1. The van der Waals surface area contributed by atoms with Crippen molar-refractivity contribution >= 4 is 17.4 Å². The smallest absolute Gasteiger partial charge is 0.318 e. The monoisotopic (exact) mass is 575 g/mol. The summed E-state index contributed by atoms with van der Waals surface area (Å²) >= 11 is 0. The van der Waals surface area contributed by atoms with Gasteiger partial charge in [0.2, 0.25) is 6.54 Å². The first-order chi connectivity index (χ1) is 20.0. The highest BCUT2D eigenvalue weighted by Gasteiger charge is 2.44. The van der Waals surface area contributed by atoms with E-state index in [0.717, 1.165) is 42.9 Å².